The minimum atomic E-state index is -3.33. The van der Waals surface area contributed by atoms with Crippen LogP contribution in [0.1, 0.15) is 25.3 Å². The van der Waals surface area contributed by atoms with Crippen molar-refractivity contribution in [3.05, 3.63) is 84.6 Å². The van der Waals surface area contributed by atoms with Gasteiger partial charge in [-0.15, -0.1) is 0 Å². The van der Waals surface area contributed by atoms with Gasteiger partial charge in [-0.25, -0.2) is 13.4 Å². The number of nitrogens with one attached hydrogen (secondary N) is 1. The molecule has 0 bridgehead atoms. The highest BCUT2D eigenvalue weighted by molar-refractivity contribution is 7.92. The monoisotopic (exact) mass is 395 g/mol. The molecule has 5 nitrogen and oxygen atoms in total. The molecule has 1 N–H and O–H groups in total. The molecule has 0 fully saturated rings. The van der Waals surface area contributed by atoms with Crippen LogP contribution in [0.25, 0.3) is 0 Å². The zero-order valence-electron chi connectivity index (χ0n) is 16.0. The summed E-state index contributed by atoms with van der Waals surface area (Å²) in [4.78, 5) is 6.62. The van der Waals surface area contributed by atoms with Crippen LogP contribution in [0.5, 0.6) is 0 Å². The summed E-state index contributed by atoms with van der Waals surface area (Å²) in [6, 6.07) is 23.8. The summed E-state index contributed by atoms with van der Waals surface area (Å²) in [7, 11) is -3.33. The van der Waals surface area contributed by atoms with E-state index in [2.05, 4.69) is 26.7 Å². The van der Waals surface area contributed by atoms with E-state index < -0.39 is 10.0 Å². The van der Waals surface area contributed by atoms with Crippen LogP contribution in [-0.2, 0) is 16.6 Å². The Morgan fingerprint density at radius 2 is 1.61 bits per heavy atom. The predicted octanol–water partition coefficient (Wildman–Crippen LogP) is 4.96. The van der Waals surface area contributed by atoms with Gasteiger partial charge in [0.25, 0.3) is 0 Å². The Kier molecular flexibility index (Phi) is 6.66. The summed E-state index contributed by atoms with van der Waals surface area (Å²) in [5.74, 6) is 0.877. The van der Waals surface area contributed by atoms with Gasteiger partial charge in [0.2, 0.25) is 10.0 Å². The third-order valence-electron chi connectivity index (χ3n) is 4.32. The predicted molar refractivity (Wildman–Crippen MR) is 115 cm³/mol. The smallest absolute Gasteiger partial charge is 0.232 e. The lowest BCUT2D eigenvalue weighted by Gasteiger charge is -2.24. The first-order valence-corrected chi connectivity index (χ1v) is 11.1. The molecule has 0 amide bonds. The topological polar surface area (TPSA) is 62.3 Å². The fourth-order valence-electron chi connectivity index (χ4n) is 2.85. The van der Waals surface area contributed by atoms with E-state index in [4.69, 9.17) is 0 Å². The first-order valence-electron chi connectivity index (χ1n) is 9.40. The molecule has 3 rings (SSSR count). The fraction of sp³-hybridized carbons (Fsp3) is 0.227. The van der Waals surface area contributed by atoms with Crippen LogP contribution in [-0.4, -0.2) is 19.2 Å². The molecule has 0 atom stereocenters. The lowest BCUT2D eigenvalue weighted by Crippen LogP contribution is -2.19. The second-order valence-electron chi connectivity index (χ2n) is 6.59. The van der Waals surface area contributed by atoms with Gasteiger partial charge in [-0.05, 0) is 36.2 Å². The molecule has 2 aromatic carbocycles. The number of nitrogens with zero attached hydrogens (tertiary/aromatic N) is 2. The maximum absolute atomic E-state index is 12.1. The molecule has 0 radical (unpaired) electrons. The van der Waals surface area contributed by atoms with Crippen molar-refractivity contribution in [1.29, 1.82) is 0 Å². The number of hydrogen-bond acceptors (Lipinski definition) is 4. The molecule has 28 heavy (non-hydrogen) atoms. The Morgan fingerprint density at radius 3 is 2.21 bits per heavy atom. The van der Waals surface area contributed by atoms with Crippen molar-refractivity contribution in [2.75, 3.05) is 15.4 Å². The number of benzene rings is 2. The minimum absolute atomic E-state index is 0.120. The van der Waals surface area contributed by atoms with Gasteiger partial charge in [0.05, 0.1) is 17.6 Å². The Bertz CT molecular complexity index is 960. The van der Waals surface area contributed by atoms with Crippen LogP contribution in [0.4, 0.5) is 17.2 Å². The second-order valence-corrected chi connectivity index (χ2v) is 8.43. The van der Waals surface area contributed by atoms with E-state index >= 15 is 0 Å². The van der Waals surface area contributed by atoms with Crippen molar-refractivity contribution in [2.45, 2.75) is 26.3 Å². The third-order valence-corrected chi connectivity index (χ3v) is 5.69. The Balaban J connectivity index is 1.82. The van der Waals surface area contributed by atoms with E-state index in [-0.39, 0.29) is 5.75 Å². The number of unbranched alkanes of at least 4 members (excludes halogenated alkanes) is 1. The first kappa shape index (κ1) is 19.9. The molecule has 0 aliphatic heterocycles. The van der Waals surface area contributed by atoms with Gasteiger partial charge < -0.3 is 4.90 Å². The molecule has 3 aromatic rings. The summed E-state index contributed by atoms with van der Waals surface area (Å²) in [5.41, 5.74) is 2.67. The maximum Gasteiger partial charge on any atom is 0.232 e. The highest BCUT2D eigenvalue weighted by Crippen LogP contribution is 2.26. The maximum atomic E-state index is 12.1. The van der Waals surface area contributed by atoms with Crippen LogP contribution in [0, 0.1) is 0 Å². The van der Waals surface area contributed by atoms with Crippen molar-refractivity contribution >= 4 is 27.2 Å². The molecule has 0 saturated heterocycles. The van der Waals surface area contributed by atoms with Gasteiger partial charge in [0, 0.05) is 12.2 Å². The Hall–Kier alpha value is -2.86. The first-order chi connectivity index (χ1) is 13.6. The van der Waals surface area contributed by atoms with Crippen molar-refractivity contribution in [1.82, 2.24) is 4.98 Å². The lowest BCUT2D eigenvalue weighted by atomic mass is 10.2. The summed E-state index contributed by atoms with van der Waals surface area (Å²) in [5, 5.41) is 0. The molecule has 0 spiro atoms. The largest absolute Gasteiger partial charge is 0.322 e. The van der Waals surface area contributed by atoms with Crippen molar-refractivity contribution < 1.29 is 8.42 Å². The number of hydrogen-bond donors (Lipinski definition) is 1. The molecule has 146 valence electrons. The molecule has 0 aliphatic carbocycles. The van der Waals surface area contributed by atoms with Crippen LogP contribution in [0.2, 0.25) is 0 Å². The number of aromatic nitrogens is 1. The van der Waals surface area contributed by atoms with Gasteiger partial charge in [-0.2, -0.15) is 0 Å². The number of rotatable bonds is 9. The average Bonchev–Trinajstić information content (AvgIpc) is 2.72. The van der Waals surface area contributed by atoms with E-state index in [1.165, 1.54) is 0 Å². The number of para-hydroxylation sites is 1. The van der Waals surface area contributed by atoms with Gasteiger partial charge >= 0.3 is 0 Å². The summed E-state index contributed by atoms with van der Waals surface area (Å²) in [6.07, 6.45) is 3.04. The van der Waals surface area contributed by atoms with Crippen molar-refractivity contribution in [3.8, 4) is 0 Å². The molecular formula is C22H25N3O2S. The van der Waals surface area contributed by atoms with Gasteiger partial charge in [0.15, 0.2) is 0 Å². The molecule has 0 unspecified atom stereocenters. The number of anilines is 3. The zero-order valence-corrected chi connectivity index (χ0v) is 16.8. The summed E-state index contributed by atoms with van der Waals surface area (Å²) >= 11 is 0. The van der Waals surface area contributed by atoms with E-state index in [1.54, 1.807) is 12.3 Å². The van der Waals surface area contributed by atoms with Gasteiger partial charge in [-0.1, -0.05) is 61.9 Å². The van der Waals surface area contributed by atoms with E-state index in [9.17, 15) is 8.42 Å². The Labute approximate surface area is 167 Å². The van der Waals surface area contributed by atoms with Crippen LogP contribution in [0.15, 0.2) is 79.0 Å². The minimum Gasteiger partial charge on any atom is -0.322 e. The number of pyridine rings is 1. The van der Waals surface area contributed by atoms with E-state index in [0.717, 1.165) is 23.5 Å². The Morgan fingerprint density at radius 1 is 0.929 bits per heavy atom. The second kappa shape index (κ2) is 9.37. The van der Waals surface area contributed by atoms with Crippen LogP contribution in [0.3, 0.4) is 0 Å². The molecule has 0 aliphatic rings. The number of sulfonamides is 1. The quantitative estimate of drug-likeness (QED) is 0.556. The van der Waals surface area contributed by atoms with Crippen molar-refractivity contribution in [3.63, 3.8) is 0 Å². The summed E-state index contributed by atoms with van der Waals surface area (Å²) < 4.78 is 26.8. The fourth-order valence-corrected chi connectivity index (χ4v) is 4.10. The SMILES string of the molecule is CCCCS(=O)(=O)Nc1ccc(N(Cc2ccccc2)c2ccccc2)nc1. The highest BCUT2D eigenvalue weighted by Gasteiger charge is 2.13. The molecule has 1 aromatic heterocycles. The van der Waals surface area contributed by atoms with Crippen LogP contribution < -0.4 is 9.62 Å². The van der Waals surface area contributed by atoms with Gasteiger partial charge in [0.1, 0.15) is 5.82 Å². The van der Waals surface area contributed by atoms with Gasteiger partial charge in [-0.3, -0.25) is 4.72 Å². The highest BCUT2D eigenvalue weighted by atomic mass is 32.2. The van der Waals surface area contributed by atoms with E-state index in [1.807, 2.05) is 61.5 Å². The normalized spacial score (nSPS) is 11.2. The zero-order chi connectivity index (χ0) is 19.8. The molecular weight excluding hydrogens is 370 g/mol. The van der Waals surface area contributed by atoms with Crippen molar-refractivity contribution in [2.24, 2.45) is 0 Å². The molecule has 1 heterocycles. The standard InChI is InChI=1S/C22H25N3O2S/c1-2-3-16-28(26,27)24-20-14-15-22(23-17-20)25(21-12-8-5-9-13-21)18-19-10-6-4-7-11-19/h4-15,17,24H,2-3,16,18H2,1H3. The lowest BCUT2D eigenvalue weighted by molar-refractivity contribution is 0.598. The molecule has 0 saturated carbocycles. The van der Waals surface area contributed by atoms with E-state index in [0.29, 0.717) is 18.7 Å². The molecule has 6 heteroatoms. The van der Waals surface area contributed by atoms with Crippen LogP contribution >= 0.6 is 0 Å². The summed E-state index contributed by atoms with van der Waals surface area (Å²) in [6.45, 7) is 2.64. The average molecular weight is 396 g/mol. The third kappa shape index (κ3) is 5.57.